The van der Waals surface area contributed by atoms with Crippen molar-refractivity contribution < 1.29 is 13.9 Å². The number of rotatable bonds is 4. The molecule has 0 aromatic heterocycles. The molecule has 1 aromatic carbocycles. The van der Waals surface area contributed by atoms with Crippen LogP contribution in [-0.2, 0) is 16.1 Å². The first kappa shape index (κ1) is 14.6. The molecule has 0 spiro atoms. The Bertz CT molecular complexity index is 413. The lowest BCUT2D eigenvalue weighted by Crippen LogP contribution is -2.37. The number of esters is 1. The summed E-state index contributed by atoms with van der Waals surface area (Å²) in [6, 6.07) is 5.95. The van der Waals surface area contributed by atoms with Crippen molar-refractivity contribution in [1.82, 2.24) is 0 Å². The molecule has 4 heteroatoms. The zero-order valence-electron chi connectivity index (χ0n) is 11.1. The Morgan fingerprint density at radius 1 is 1.39 bits per heavy atom. The minimum Gasteiger partial charge on any atom is -0.461 e. The van der Waals surface area contributed by atoms with Crippen molar-refractivity contribution in [3.05, 3.63) is 35.6 Å². The van der Waals surface area contributed by atoms with Gasteiger partial charge >= 0.3 is 5.97 Å². The van der Waals surface area contributed by atoms with Gasteiger partial charge in [-0.2, -0.15) is 0 Å². The van der Waals surface area contributed by atoms with Crippen molar-refractivity contribution in [2.45, 2.75) is 39.8 Å². The maximum atomic E-state index is 13.3. The second-order valence-electron chi connectivity index (χ2n) is 5.43. The van der Waals surface area contributed by atoms with E-state index in [1.165, 1.54) is 6.07 Å². The van der Waals surface area contributed by atoms with Gasteiger partial charge in [0.25, 0.3) is 0 Å². The minimum absolute atomic E-state index is 0.0532. The van der Waals surface area contributed by atoms with Crippen LogP contribution in [0.2, 0.25) is 0 Å². The lowest BCUT2D eigenvalue weighted by molar-refractivity contribution is -0.146. The van der Waals surface area contributed by atoms with E-state index in [1.54, 1.807) is 18.2 Å². The summed E-state index contributed by atoms with van der Waals surface area (Å²) in [5, 5.41) is 0. The van der Waals surface area contributed by atoms with E-state index < -0.39 is 5.97 Å². The molecule has 1 atom stereocenters. The molecule has 100 valence electrons. The quantitative estimate of drug-likeness (QED) is 0.839. The van der Waals surface area contributed by atoms with Crippen molar-refractivity contribution in [1.29, 1.82) is 0 Å². The molecule has 0 amide bonds. The van der Waals surface area contributed by atoms with Gasteiger partial charge in [0.2, 0.25) is 0 Å². The molecule has 0 aliphatic rings. The van der Waals surface area contributed by atoms with Crippen LogP contribution in [0.5, 0.6) is 0 Å². The molecule has 1 rings (SSSR count). The second kappa shape index (κ2) is 5.96. The molecule has 2 N–H and O–H groups in total. The Labute approximate surface area is 107 Å². The van der Waals surface area contributed by atoms with Gasteiger partial charge in [0.1, 0.15) is 12.4 Å². The highest BCUT2D eigenvalue weighted by atomic mass is 19.1. The fourth-order valence-electron chi connectivity index (χ4n) is 1.32. The highest BCUT2D eigenvalue weighted by molar-refractivity contribution is 5.70. The Morgan fingerprint density at radius 2 is 2.00 bits per heavy atom. The van der Waals surface area contributed by atoms with Crippen LogP contribution in [0.4, 0.5) is 4.39 Å². The third-order valence-electron chi connectivity index (χ3n) is 2.85. The van der Waals surface area contributed by atoms with E-state index in [1.807, 2.05) is 20.8 Å². The van der Waals surface area contributed by atoms with E-state index in [-0.39, 0.29) is 30.3 Å². The maximum Gasteiger partial charge on any atom is 0.307 e. The van der Waals surface area contributed by atoms with Crippen LogP contribution in [-0.4, -0.2) is 12.0 Å². The van der Waals surface area contributed by atoms with Crippen molar-refractivity contribution in [2.75, 3.05) is 0 Å². The summed E-state index contributed by atoms with van der Waals surface area (Å²) in [7, 11) is 0. The number of carbonyl (C=O) groups is 1. The number of hydrogen-bond acceptors (Lipinski definition) is 3. The predicted molar refractivity (Wildman–Crippen MR) is 68.2 cm³/mol. The topological polar surface area (TPSA) is 52.3 Å². The molecule has 1 aromatic rings. The van der Waals surface area contributed by atoms with E-state index in [0.29, 0.717) is 5.56 Å². The average Bonchev–Trinajstić information content (AvgIpc) is 2.26. The number of hydrogen-bond donors (Lipinski definition) is 1. The first-order valence-electron chi connectivity index (χ1n) is 5.95. The van der Waals surface area contributed by atoms with Crippen LogP contribution in [0, 0.1) is 11.2 Å². The standard InChI is InChI=1S/C14H20FNO2/c1-14(2,3)12(16)8-13(17)18-9-10-6-4-5-7-11(10)15/h4-7,12H,8-9,16H2,1-3H3. The van der Waals surface area contributed by atoms with Crippen molar-refractivity contribution in [3.63, 3.8) is 0 Å². The van der Waals surface area contributed by atoms with Crippen LogP contribution in [0.3, 0.4) is 0 Å². The summed E-state index contributed by atoms with van der Waals surface area (Å²) >= 11 is 0. The molecular formula is C14H20FNO2. The van der Waals surface area contributed by atoms with Gasteiger partial charge < -0.3 is 10.5 Å². The van der Waals surface area contributed by atoms with Crippen molar-refractivity contribution >= 4 is 5.97 Å². The van der Waals surface area contributed by atoms with Gasteiger partial charge in [-0.05, 0) is 11.5 Å². The second-order valence-corrected chi connectivity index (χ2v) is 5.43. The first-order valence-corrected chi connectivity index (χ1v) is 5.95. The highest BCUT2D eigenvalue weighted by Gasteiger charge is 2.23. The zero-order chi connectivity index (χ0) is 13.8. The van der Waals surface area contributed by atoms with Gasteiger partial charge in [0, 0.05) is 11.6 Å². The lowest BCUT2D eigenvalue weighted by Gasteiger charge is -2.26. The molecule has 0 aliphatic carbocycles. The molecule has 1 unspecified atom stereocenters. The number of halogens is 1. The van der Waals surface area contributed by atoms with Gasteiger partial charge in [-0.1, -0.05) is 39.0 Å². The Morgan fingerprint density at radius 3 is 2.56 bits per heavy atom. The molecule has 0 saturated carbocycles. The number of carbonyl (C=O) groups excluding carboxylic acids is 1. The molecule has 0 radical (unpaired) electrons. The highest BCUT2D eigenvalue weighted by Crippen LogP contribution is 2.20. The average molecular weight is 253 g/mol. The van der Waals surface area contributed by atoms with Gasteiger partial charge in [0.15, 0.2) is 0 Å². The molecular weight excluding hydrogens is 233 g/mol. The van der Waals surface area contributed by atoms with Gasteiger partial charge in [-0.3, -0.25) is 4.79 Å². The number of ether oxygens (including phenoxy) is 1. The number of benzene rings is 1. The summed E-state index contributed by atoms with van der Waals surface area (Å²) in [6.07, 6.45) is 0.137. The Hall–Kier alpha value is -1.42. The lowest BCUT2D eigenvalue weighted by atomic mass is 9.85. The molecule has 18 heavy (non-hydrogen) atoms. The van der Waals surface area contributed by atoms with Gasteiger partial charge in [0.05, 0.1) is 6.42 Å². The monoisotopic (exact) mass is 253 g/mol. The van der Waals surface area contributed by atoms with Crippen LogP contribution in [0.15, 0.2) is 24.3 Å². The van der Waals surface area contributed by atoms with E-state index in [4.69, 9.17) is 10.5 Å². The third-order valence-corrected chi connectivity index (χ3v) is 2.85. The normalized spacial score (nSPS) is 13.2. The minimum atomic E-state index is -0.402. The SMILES string of the molecule is CC(C)(C)C(N)CC(=O)OCc1ccccc1F. The summed E-state index contributed by atoms with van der Waals surface area (Å²) in [5.74, 6) is -0.772. The summed E-state index contributed by atoms with van der Waals surface area (Å²) in [5.41, 5.74) is 6.09. The molecule has 0 fully saturated rings. The zero-order valence-corrected chi connectivity index (χ0v) is 11.1. The predicted octanol–water partition coefficient (Wildman–Crippen LogP) is 2.63. The molecule has 0 heterocycles. The molecule has 0 bridgehead atoms. The van der Waals surface area contributed by atoms with E-state index in [2.05, 4.69) is 0 Å². The summed E-state index contributed by atoms with van der Waals surface area (Å²) in [4.78, 5) is 11.6. The van der Waals surface area contributed by atoms with E-state index in [0.717, 1.165) is 0 Å². The molecule has 0 saturated heterocycles. The van der Waals surface area contributed by atoms with Gasteiger partial charge in [-0.25, -0.2) is 4.39 Å². The number of nitrogens with two attached hydrogens (primary N) is 1. The van der Waals surface area contributed by atoms with E-state index in [9.17, 15) is 9.18 Å². The van der Waals surface area contributed by atoms with Gasteiger partial charge in [-0.15, -0.1) is 0 Å². The molecule has 3 nitrogen and oxygen atoms in total. The summed E-state index contributed by atoms with van der Waals surface area (Å²) in [6.45, 7) is 5.83. The third kappa shape index (κ3) is 4.45. The Kier molecular flexibility index (Phi) is 4.84. The van der Waals surface area contributed by atoms with Crippen LogP contribution in [0.25, 0.3) is 0 Å². The van der Waals surface area contributed by atoms with E-state index >= 15 is 0 Å². The fourth-order valence-corrected chi connectivity index (χ4v) is 1.32. The van der Waals surface area contributed by atoms with Crippen LogP contribution >= 0.6 is 0 Å². The van der Waals surface area contributed by atoms with Crippen LogP contribution < -0.4 is 5.73 Å². The van der Waals surface area contributed by atoms with Crippen molar-refractivity contribution in [3.8, 4) is 0 Å². The largest absolute Gasteiger partial charge is 0.461 e. The summed E-state index contributed by atoms with van der Waals surface area (Å²) < 4.78 is 18.3. The van der Waals surface area contributed by atoms with Crippen molar-refractivity contribution in [2.24, 2.45) is 11.1 Å². The molecule has 0 aliphatic heterocycles. The fraction of sp³-hybridized carbons (Fsp3) is 0.500. The van der Waals surface area contributed by atoms with Crippen LogP contribution in [0.1, 0.15) is 32.8 Å². The smallest absolute Gasteiger partial charge is 0.307 e. The Balaban J connectivity index is 2.45. The first-order chi connectivity index (χ1) is 8.30. The maximum absolute atomic E-state index is 13.3.